The number of hydrogen-bond donors (Lipinski definition) is 1. The largest absolute Gasteiger partial charge is 0.376 e. The first-order valence-electron chi connectivity index (χ1n) is 7.22. The lowest BCUT2D eigenvalue weighted by atomic mass is 9.95. The molecule has 0 saturated carbocycles. The maximum atomic E-state index is 5.90. The molecule has 19 heavy (non-hydrogen) atoms. The molecule has 0 radical (unpaired) electrons. The number of hydrogen-bond acceptors (Lipinski definition) is 3. The van der Waals surface area contributed by atoms with Gasteiger partial charge in [0.25, 0.3) is 0 Å². The zero-order chi connectivity index (χ0) is 13.7. The van der Waals surface area contributed by atoms with Crippen LogP contribution in [-0.4, -0.2) is 32.5 Å². The molecule has 1 aromatic carbocycles. The van der Waals surface area contributed by atoms with E-state index in [1.807, 2.05) is 0 Å². The van der Waals surface area contributed by atoms with E-state index >= 15 is 0 Å². The summed E-state index contributed by atoms with van der Waals surface area (Å²) < 4.78 is 11.5. The summed E-state index contributed by atoms with van der Waals surface area (Å²) >= 11 is 0. The second-order valence-corrected chi connectivity index (χ2v) is 5.28. The smallest absolute Gasteiger partial charge is 0.100 e. The van der Waals surface area contributed by atoms with Crippen LogP contribution < -0.4 is 5.32 Å². The van der Waals surface area contributed by atoms with Crippen molar-refractivity contribution in [2.45, 2.75) is 39.3 Å². The summed E-state index contributed by atoms with van der Waals surface area (Å²) in [5.41, 5.74) is 3.94. The minimum Gasteiger partial charge on any atom is -0.376 e. The van der Waals surface area contributed by atoms with E-state index in [1.54, 1.807) is 0 Å². The predicted molar refractivity (Wildman–Crippen MR) is 77.5 cm³/mol. The van der Waals surface area contributed by atoms with Crippen molar-refractivity contribution in [3.05, 3.63) is 34.9 Å². The molecule has 1 aromatic rings. The van der Waals surface area contributed by atoms with E-state index in [2.05, 4.69) is 44.3 Å². The lowest BCUT2D eigenvalue weighted by Crippen LogP contribution is -2.41. The Morgan fingerprint density at radius 2 is 2.16 bits per heavy atom. The van der Waals surface area contributed by atoms with Crippen molar-refractivity contribution in [1.29, 1.82) is 0 Å². The third kappa shape index (κ3) is 3.78. The van der Waals surface area contributed by atoms with E-state index in [1.165, 1.54) is 16.7 Å². The molecule has 0 spiro atoms. The summed E-state index contributed by atoms with van der Waals surface area (Å²) in [5.74, 6) is 0. The number of nitrogens with one attached hydrogen (secondary N) is 1. The zero-order valence-corrected chi connectivity index (χ0v) is 12.2. The molecule has 1 aliphatic heterocycles. The van der Waals surface area contributed by atoms with E-state index in [0.717, 1.165) is 13.0 Å². The average Bonchev–Trinajstić information content (AvgIpc) is 2.44. The Labute approximate surface area is 116 Å². The Morgan fingerprint density at radius 1 is 1.32 bits per heavy atom. The summed E-state index contributed by atoms with van der Waals surface area (Å²) in [6.07, 6.45) is 1.23. The van der Waals surface area contributed by atoms with Gasteiger partial charge in [-0.05, 0) is 37.9 Å². The lowest BCUT2D eigenvalue weighted by molar-refractivity contribution is -0.102. The molecule has 1 aliphatic rings. The van der Waals surface area contributed by atoms with Crippen LogP contribution in [0.3, 0.4) is 0 Å². The minimum absolute atomic E-state index is 0.112. The molecule has 3 heteroatoms. The Bertz CT molecular complexity index is 400. The third-order valence-corrected chi connectivity index (χ3v) is 3.60. The molecule has 1 N–H and O–H groups in total. The average molecular weight is 263 g/mol. The van der Waals surface area contributed by atoms with Gasteiger partial charge in [0.1, 0.15) is 6.10 Å². The molecule has 106 valence electrons. The lowest BCUT2D eigenvalue weighted by Gasteiger charge is -2.32. The van der Waals surface area contributed by atoms with Gasteiger partial charge in [-0.3, -0.25) is 0 Å². The van der Waals surface area contributed by atoms with Crippen molar-refractivity contribution >= 4 is 0 Å². The Kier molecular flexibility index (Phi) is 5.37. The first kappa shape index (κ1) is 14.5. The van der Waals surface area contributed by atoms with Crippen molar-refractivity contribution < 1.29 is 9.47 Å². The van der Waals surface area contributed by atoms with E-state index < -0.39 is 0 Å². The summed E-state index contributed by atoms with van der Waals surface area (Å²) in [7, 11) is 0. The highest BCUT2D eigenvalue weighted by Gasteiger charge is 2.27. The maximum absolute atomic E-state index is 5.90. The van der Waals surface area contributed by atoms with Crippen LogP contribution in [0.4, 0.5) is 0 Å². The second-order valence-electron chi connectivity index (χ2n) is 5.28. The molecule has 1 fully saturated rings. The fraction of sp³-hybridized carbons (Fsp3) is 0.625. The van der Waals surface area contributed by atoms with E-state index in [0.29, 0.717) is 19.8 Å². The molecule has 1 heterocycles. The number of ether oxygens (including phenoxy) is 2. The Balaban J connectivity index is 2.22. The topological polar surface area (TPSA) is 30.5 Å². The van der Waals surface area contributed by atoms with Gasteiger partial charge in [-0.25, -0.2) is 0 Å². The van der Waals surface area contributed by atoms with E-state index in [9.17, 15) is 0 Å². The first-order valence-corrected chi connectivity index (χ1v) is 7.22. The van der Waals surface area contributed by atoms with Crippen LogP contribution in [-0.2, 0) is 9.47 Å². The zero-order valence-electron chi connectivity index (χ0n) is 12.2. The summed E-state index contributed by atoms with van der Waals surface area (Å²) in [4.78, 5) is 0. The van der Waals surface area contributed by atoms with E-state index in [4.69, 9.17) is 9.47 Å². The molecule has 2 atom stereocenters. The van der Waals surface area contributed by atoms with Crippen LogP contribution >= 0.6 is 0 Å². The van der Waals surface area contributed by atoms with Crippen molar-refractivity contribution in [1.82, 2.24) is 5.32 Å². The quantitative estimate of drug-likeness (QED) is 0.886. The van der Waals surface area contributed by atoms with Gasteiger partial charge in [0.15, 0.2) is 0 Å². The molecular formula is C16H25NO2. The standard InChI is InChI=1S/C16H25NO2/c1-4-7-17-16(15-11-18-8-9-19-15)14-10-12(2)5-6-13(14)3/h5-6,10,15-17H,4,7-9,11H2,1-3H3. The highest BCUT2D eigenvalue weighted by Crippen LogP contribution is 2.25. The van der Waals surface area contributed by atoms with Crippen LogP contribution in [0.1, 0.15) is 36.1 Å². The second kappa shape index (κ2) is 7.04. The van der Waals surface area contributed by atoms with E-state index in [-0.39, 0.29) is 12.1 Å². The van der Waals surface area contributed by atoms with Gasteiger partial charge in [-0.2, -0.15) is 0 Å². The first-order chi connectivity index (χ1) is 9.22. The molecule has 0 aromatic heterocycles. The molecule has 0 aliphatic carbocycles. The number of aryl methyl sites for hydroxylation is 2. The fourth-order valence-electron chi connectivity index (χ4n) is 2.53. The van der Waals surface area contributed by atoms with Crippen molar-refractivity contribution in [3.8, 4) is 0 Å². The summed E-state index contributed by atoms with van der Waals surface area (Å²) in [5, 5.41) is 3.62. The van der Waals surface area contributed by atoms with Crippen molar-refractivity contribution in [3.63, 3.8) is 0 Å². The minimum atomic E-state index is 0.112. The Morgan fingerprint density at radius 3 is 2.84 bits per heavy atom. The summed E-state index contributed by atoms with van der Waals surface area (Å²) in [6.45, 7) is 9.57. The fourth-order valence-corrected chi connectivity index (χ4v) is 2.53. The molecular weight excluding hydrogens is 238 g/mol. The molecule has 0 bridgehead atoms. The molecule has 2 unspecified atom stereocenters. The predicted octanol–water partition coefficient (Wildman–Crippen LogP) is 2.76. The van der Waals surface area contributed by atoms with Crippen LogP contribution in [0, 0.1) is 13.8 Å². The third-order valence-electron chi connectivity index (χ3n) is 3.60. The van der Waals surface area contributed by atoms with Crippen molar-refractivity contribution in [2.24, 2.45) is 0 Å². The number of rotatable bonds is 5. The van der Waals surface area contributed by atoms with Crippen LogP contribution in [0.15, 0.2) is 18.2 Å². The Hall–Kier alpha value is -0.900. The van der Waals surface area contributed by atoms with Gasteiger partial charge in [0, 0.05) is 0 Å². The van der Waals surface area contributed by atoms with Gasteiger partial charge in [-0.15, -0.1) is 0 Å². The normalized spacial score (nSPS) is 21.3. The monoisotopic (exact) mass is 263 g/mol. The van der Waals surface area contributed by atoms with Crippen LogP contribution in [0.5, 0.6) is 0 Å². The maximum Gasteiger partial charge on any atom is 0.100 e. The van der Waals surface area contributed by atoms with Gasteiger partial charge in [0.2, 0.25) is 0 Å². The SMILES string of the molecule is CCCNC(c1cc(C)ccc1C)C1COCCO1. The molecule has 1 saturated heterocycles. The molecule has 3 nitrogen and oxygen atoms in total. The van der Waals surface area contributed by atoms with Crippen LogP contribution in [0.2, 0.25) is 0 Å². The number of benzene rings is 1. The highest BCUT2D eigenvalue weighted by molar-refractivity contribution is 5.33. The van der Waals surface area contributed by atoms with Gasteiger partial charge in [0.05, 0.1) is 25.9 Å². The van der Waals surface area contributed by atoms with Gasteiger partial charge < -0.3 is 14.8 Å². The van der Waals surface area contributed by atoms with Crippen LogP contribution in [0.25, 0.3) is 0 Å². The summed E-state index contributed by atoms with van der Waals surface area (Å²) in [6, 6.07) is 6.84. The van der Waals surface area contributed by atoms with Gasteiger partial charge in [-0.1, -0.05) is 30.7 Å². The van der Waals surface area contributed by atoms with Crippen molar-refractivity contribution in [2.75, 3.05) is 26.4 Å². The van der Waals surface area contributed by atoms with Gasteiger partial charge >= 0.3 is 0 Å². The molecule has 2 rings (SSSR count). The highest BCUT2D eigenvalue weighted by atomic mass is 16.6. The molecule has 0 amide bonds.